The Morgan fingerprint density at radius 2 is 2.10 bits per heavy atom. The van der Waals surface area contributed by atoms with E-state index in [0.717, 1.165) is 5.69 Å². The van der Waals surface area contributed by atoms with Gasteiger partial charge in [0.25, 0.3) is 0 Å². The van der Waals surface area contributed by atoms with Crippen molar-refractivity contribution in [2.45, 2.75) is 12.5 Å². The number of ether oxygens (including phenoxy) is 1. The molecule has 2 N–H and O–H groups in total. The molecule has 0 spiro atoms. The Bertz CT molecular complexity index is 1120. The number of methoxy groups -OCH3 is 1. The standard InChI is InChI=1S/C21H18ClFN4O3/c1-30-20(28)13-4-2-3-5-16(13)26-21(29)27-9-8-17-18(25-11-24-17)19(27)14-10-12(22)6-7-15(14)23/h2-7,10-11,19H,8-9H2,1H3,(H,24,25)(H,26,29)/t19-/m0/s1. The Kier molecular flexibility index (Phi) is 5.41. The summed E-state index contributed by atoms with van der Waals surface area (Å²) in [6.07, 6.45) is 2.05. The number of hydrogen-bond donors (Lipinski definition) is 2. The second-order valence-electron chi connectivity index (χ2n) is 6.75. The highest BCUT2D eigenvalue weighted by Crippen LogP contribution is 2.36. The highest BCUT2D eigenvalue weighted by molar-refractivity contribution is 6.30. The highest BCUT2D eigenvalue weighted by Gasteiger charge is 2.36. The summed E-state index contributed by atoms with van der Waals surface area (Å²) in [6.45, 7) is 0.317. The molecule has 1 aliphatic rings. The molecule has 0 radical (unpaired) electrons. The number of esters is 1. The average molecular weight is 429 g/mol. The van der Waals surface area contributed by atoms with Crippen LogP contribution in [0.25, 0.3) is 0 Å². The summed E-state index contributed by atoms with van der Waals surface area (Å²) >= 11 is 6.10. The van der Waals surface area contributed by atoms with E-state index in [-0.39, 0.29) is 11.1 Å². The number of aromatic nitrogens is 2. The van der Waals surface area contributed by atoms with E-state index in [1.807, 2.05) is 0 Å². The normalized spacial score (nSPS) is 15.4. The summed E-state index contributed by atoms with van der Waals surface area (Å²) in [5.74, 6) is -1.07. The number of H-pyrrole nitrogens is 1. The molecule has 1 aliphatic heterocycles. The van der Waals surface area contributed by atoms with Crippen molar-refractivity contribution in [2.75, 3.05) is 19.0 Å². The van der Waals surface area contributed by atoms with E-state index < -0.39 is 23.9 Å². The van der Waals surface area contributed by atoms with Crippen molar-refractivity contribution >= 4 is 29.3 Å². The number of fused-ring (bicyclic) bond motifs is 1. The maximum atomic E-state index is 14.7. The van der Waals surface area contributed by atoms with Crippen LogP contribution in [0.4, 0.5) is 14.9 Å². The number of nitrogens with one attached hydrogen (secondary N) is 2. The predicted molar refractivity (Wildman–Crippen MR) is 109 cm³/mol. The molecular weight excluding hydrogens is 411 g/mol. The van der Waals surface area contributed by atoms with Crippen molar-refractivity contribution < 1.29 is 18.7 Å². The number of urea groups is 1. The Morgan fingerprint density at radius 1 is 1.30 bits per heavy atom. The number of amides is 2. The molecule has 3 aromatic rings. The molecule has 2 amide bonds. The number of anilines is 1. The number of benzene rings is 2. The first-order valence-corrected chi connectivity index (χ1v) is 9.59. The van der Waals surface area contributed by atoms with Crippen LogP contribution in [0.15, 0.2) is 48.8 Å². The van der Waals surface area contributed by atoms with Gasteiger partial charge in [-0.15, -0.1) is 0 Å². The van der Waals surface area contributed by atoms with E-state index in [1.165, 1.54) is 36.5 Å². The molecular formula is C21H18ClFN4O3. The minimum Gasteiger partial charge on any atom is -0.465 e. The molecule has 0 unspecified atom stereocenters. The lowest BCUT2D eigenvalue weighted by atomic mass is 9.95. The molecule has 0 saturated heterocycles. The maximum Gasteiger partial charge on any atom is 0.339 e. The monoisotopic (exact) mass is 428 g/mol. The van der Waals surface area contributed by atoms with Gasteiger partial charge >= 0.3 is 12.0 Å². The number of halogens is 2. The van der Waals surface area contributed by atoms with Crippen LogP contribution in [0.3, 0.4) is 0 Å². The Morgan fingerprint density at radius 3 is 2.90 bits per heavy atom. The van der Waals surface area contributed by atoms with Gasteiger partial charge in [0, 0.05) is 29.2 Å². The van der Waals surface area contributed by atoms with Crippen LogP contribution in [-0.4, -0.2) is 40.5 Å². The van der Waals surface area contributed by atoms with Crippen LogP contribution in [0.1, 0.15) is 33.4 Å². The number of carbonyl (C=O) groups is 2. The highest BCUT2D eigenvalue weighted by atomic mass is 35.5. The van der Waals surface area contributed by atoms with Crippen LogP contribution >= 0.6 is 11.6 Å². The molecule has 154 valence electrons. The summed E-state index contributed by atoms with van der Waals surface area (Å²) in [5, 5.41) is 3.10. The molecule has 9 heteroatoms. The van der Waals surface area contributed by atoms with Gasteiger partial charge in [0.05, 0.1) is 30.4 Å². The van der Waals surface area contributed by atoms with Crippen molar-refractivity contribution in [3.05, 3.63) is 82.1 Å². The number of carbonyl (C=O) groups excluding carboxylic acids is 2. The van der Waals surface area contributed by atoms with Crippen molar-refractivity contribution in [3.8, 4) is 0 Å². The lowest BCUT2D eigenvalue weighted by Gasteiger charge is -2.35. The van der Waals surface area contributed by atoms with Gasteiger partial charge in [-0.2, -0.15) is 0 Å². The Labute approximate surface area is 176 Å². The Hall–Kier alpha value is -3.39. The zero-order valence-corrected chi connectivity index (χ0v) is 16.7. The molecule has 7 nitrogen and oxygen atoms in total. The number of para-hydroxylation sites is 1. The summed E-state index contributed by atoms with van der Waals surface area (Å²) in [5.41, 5.74) is 2.15. The Balaban J connectivity index is 1.72. The minimum absolute atomic E-state index is 0.219. The second-order valence-corrected chi connectivity index (χ2v) is 7.18. The van der Waals surface area contributed by atoms with Crippen LogP contribution in [-0.2, 0) is 11.2 Å². The molecule has 4 rings (SSSR count). The zero-order chi connectivity index (χ0) is 21.3. The smallest absolute Gasteiger partial charge is 0.339 e. The van der Waals surface area contributed by atoms with E-state index in [1.54, 1.807) is 24.3 Å². The first kappa shape index (κ1) is 19.9. The molecule has 30 heavy (non-hydrogen) atoms. The second kappa shape index (κ2) is 8.16. The third-order valence-corrected chi connectivity index (χ3v) is 5.25. The fraction of sp³-hybridized carbons (Fsp3) is 0.190. The molecule has 2 heterocycles. The van der Waals surface area contributed by atoms with Gasteiger partial charge in [0.1, 0.15) is 11.9 Å². The van der Waals surface area contributed by atoms with Crippen LogP contribution < -0.4 is 5.32 Å². The van der Waals surface area contributed by atoms with Gasteiger partial charge < -0.3 is 19.9 Å². The third-order valence-electron chi connectivity index (χ3n) is 5.01. The van der Waals surface area contributed by atoms with Crippen LogP contribution in [0.2, 0.25) is 5.02 Å². The van der Waals surface area contributed by atoms with Gasteiger partial charge in [0.2, 0.25) is 0 Å². The molecule has 1 aromatic heterocycles. The van der Waals surface area contributed by atoms with Crippen LogP contribution in [0.5, 0.6) is 0 Å². The van der Waals surface area contributed by atoms with E-state index in [2.05, 4.69) is 15.3 Å². The van der Waals surface area contributed by atoms with Gasteiger partial charge in [-0.3, -0.25) is 0 Å². The van der Waals surface area contributed by atoms with Crippen molar-refractivity contribution in [3.63, 3.8) is 0 Å². The van der Waals surface area contributed by atoms with Crippen LogP contribution in [0, 0.1) is 5.82 Å². The first-order chi connectivity index (χ1) is 14.5. The number of aromatic amines is 1. The van der Waals surface area contributed by atoms with E-state index >= 15 is 0 Å². The maximum absolute atomic E-state index is 14.7. The quantitative estimate of drug-likeness (QED) is 0.613. The summed E-state index contributed by atoms with van der Waals surface area (Å²) < 4.78 is 19.5. The SMILES string of the molecule is COC(=O)c1ccccc1NC(=O)N1CCc2[nH]cnc2[C@@H]1c1cc(Cl)ccc1F. The fourth-order valence-electron chi connectivity index (χ4n) is 3.60. The molecule has 0 aliphatic carbocycles. The number of imidazole rings is 1. The zero-order valence-electron chi connectivity index (χ0n) is 16.0. The van der Waals surface area contributed by atoms with E-state index in [0.29, 0.717) is 29.4 Å². The topological polar surface area (TPSA) is 87.3 Å². The van der Waals surface area contributed by atoms with Gasteiger partial charge in [0.15, 0.2) is 0 Å². The van der Waals surface area contributed by atoms with Crippen molar-refractivity contribution in [2.24, 2.45) is 0 Å². The van der Waals surface area contributed by atoms with E-state index in [4.69, 9.17) is 16.3 Å². The first-order valence-electron chi connectivity index (χ1n) is 9.21. The van der Waals surface area contributed by atoms with Gasteiger partial charge in [-0.25, -0.2) is 19.0 Å². The molecule has 1 atom stereocenters. The summed E-state index contributed by atoms with van der Waals surface area (Å²) in [6, 6.07) is 9.45. The minimum atomic E-state index is -0.774. The molecule has 0 fully saturated rings. The lowest BCUT2D eigenvalue weighted by molar-refractivity contribution is 0.0602. The van der Waals surface area contributed by atoms with E-state index in [9.17, 15) is 14.0 Å². The van der Waals surface area contributed by atoms with Crippen molar-refractivity contribution in [1.82, 2.24) is 14.9 Å². The summed E-state index contributed by atoms with van der Waals surface area (Å²) in [7, 11) is 1.27. The fourth-order valence-corrected chi connectivity index (χ4v) is 3.78. The summed E-state index contributed by atoms with van der Waals surface area (Å²) in [4.78, 5) is 34.1. The molecule has 0 bridgehead atoms. The van der Waals surface area contributed by atoms with Gasteiger partial charge in [-0.1, -0.05) is 23.7 Å². The van der Waals surface area contributed by atoms with Gasteiger partial charge in [-0.05, 0) is 30.3 Å². The number of rotatable bonds is 3. The van der Waals surface area contributed by atoms with Crippen molar-refractivity contribution in [1.29, 1.82) is 0 Å². The molecule has 0 saturated carbocycles. The average Bonchev–Trinajstić information content (AvgIpc) is 3.23. The largest absolute Gasteiger partial charge is 0.465 e. The third kappa shape index (κ3) is 3.61. The number of nitrogens with zero attached hydrogens (tertiary/aromatic N) is 2. The lowest BCUT2D eigenvalue weighted by Crippen LogP contribution is -2.43. The number of hydrogen-bond acceptors (Lipinski definition) is 4. The molecule has 2 aromatic carbocycles. The predicted octanol–water partition coefficient (Wildman–Crippen LogP) is 4.17.